The number of hydrogen-bond acceptors (Lipinski definition) is 4. The predicted octanol–water partition coefficient (Wildman–Crippen LogP) is 2.48. The Bertz CT molecular complexity index is 796. The summed E-state index contributed by atoms with van der Waals surface area (Å²) in [4.78, 5) is 4.38. The highest BCUT2D eigenvalue weighted by Gasteiger charge is 2.24. The average molecular weight is 322 g/mol. The first-order valence-electron chi connectivity index (χ1n) is 7.97. The van der Waals surface area contributed by atoms with E-state index in [0.29, 0.717) is 13.1 Å². The van der Waals surface area contributed by atoms with Gasteiger partial charge in [0.25, 0.3) is 0 Å². The molecule has 2 aromatic heterocycles. The fraction of sp³-hybridized carbons (Fsp3) is 0.263. The number of aryl methyl sites for hydroxylation is 1. The van der Waals surface area contributed by atoms with E-state index in [2.05, 4.69) is 33.6 Å². The molecule has 0 saturated carbocycles. The fourth-order valence-corrected chi connectivity index (χ4v) is 2.63. The van der Waals surface area contributed by atoms with Crippen LogP contribution in [0.3, 0.4) is 0 Å². The Labute approximate surface area is 142 Å². The molecule has 1 aromatic carbocycles. The summed E-state index contributed by atoms with van der Waals surface area (Å²) in [6, 6.07) is 14.2. The van der Waals surface area contributed by atoms with Crippen molar-refractivity contribution in [1.82, 2.24) is 20.1 Å². The largest absolute Gasteiger partial charge is 0.384 e. The van der Waals surface area contributed by atoms with Crippen LogP contribution >= 0.6 is 0 Å². The van der Waals surface area contributed by atoms with Crippen molar-refractivity contribution in [2.75, 3.05) is 6.54 Å². The standard InChI is InChI=1S/C19H22N4O/c1-19(24,17-12-22-23(2)13-17)14-20-11-15-6-5-7-16(10-15)18-8-3-4-9-21-18/h3-10,12-13,20,24H,11,14H2,1-2H3. The second kappa shape index (κ2) is 6.95. The molecular weight excluding hydrogens is 300 g/mol. The van der Waals surface area contributed by atoms with Crippen LogP contribution in [0.1, 0.15) is 18.1 Å². The molecule has 0 aliphatic rings. The van der Waals surface area contributed by atoms with Crippen molar-refractivity contribution in [3.05, 3.63) is 72.2 Å². The van der Waals surface area contributed by atoms with E-state index in [-0.39, 0.29) is 0 Å². The van der Waals surface area contributed by atoms with Crippen molar-refractivity contribution < 1.29 is 5.11 Å². The van der Waals surface area contributed by atoms with Crippen LogP contribution in [-0.2, 0) is 19.2 Å². The minimum atomic E-state index is -0.952. The molecular formula is C19H22N4O. The Morgan fingerprint density at radius 2 is 2.08 bits per heavy atom. The van der Waals surface area contributed by atoms with Crippen LogP contribution in [0, 0.1) is 0 Å². The lowest BCUT2D eigenvalue weighted by Gasteiger charge is -2.22. The molecule has 3 aromatic rings. The highest BCUT2D eigenvalue weighted by atomic mass is 16.3. The number of benzene rings is 1. The van der Waals surface area contributed by atoms with E-state index < -0.39 is 5.60 Å². The lowest BCUT2D eigenvalue weighted by molar-refractivity contribution is 0.0566. The van der Waals surface area contributed by atoms with Crippen molar-refractivity contribution in [1.29, 1.82) is 0 Å². The molecule has 0 bridgehead atoms. The van der Waals surface area contributed by atoms with Gasteiger partial charge in [0.2, 0.25) is 0 Å². The summed E-state index contributed by atoms with van der Waals surface area (Å²) >= 11 is 0. The maximum absolute atomic E-state index is 10.6. The monoisotopic (exact) mass is 322 g/mol. The third kappa shape index (κ3) is 3.88. The second-order valence-corrected chi connectivity index (χ2v) is 6.20. The van der Waals surface area contributed by atoms with Gasteiger partial charge in [0, 0.05) is 43.7 Å². The zero-order valence-electron chi connectivity index (χ0n) is 14.0. The summed E-state index contributed by atoms with van der Waals surface area (Å²) in [6.45, 7) is 2.92. The van der Waals surface area contributed by atoms with Gasteiger partial charge in [-0.05, 0) is 30.7 Å². The summed E-state index contributed by atoms with van der Waals surface area (Å²) in [5, 5.41) is 18.0. The summed E-state index contributed by atoms with van der Waals surface area (Å²) in [7, 11) is 1.84. The normalized spacial score (nSPS) is 13.6. The topological polar surface area (TPSA) is 63.0 Å². The van der Waals surface area contributed by atoms with E-state index >= 15 is 0 Å². The maximum atomic E-state index is 10.6. The average Bonchev–Trinajstić information content (AvgIpc) is 3.03. The number of hydrogen-bond donors (Lipinski definition) is 2. The minimum Gasteiger partial charge on any atom is -0.384 e. The van der Waals surface area contributed by atoms with Crippen molar-refractivity contribution in [3.8, 4) is 11.3 Å². The van der Waals surface area contributed by atoms with Crippen LogP contribution in [0.25, 0.3) is 11.3 Å². The lowest BCUT2D eigenvalue weighted by atomic mass is 9.99. The van der Waals surface area contributed by atoms with Crippen molar-refractivity contribution in [3.63, 3.8) is 0 Å². The zero-order chi connectivity index (χ0) is 17.0. The Morgan fingerprint density at radius 1 is 1.21 bits per heavy atom. The van der Waals surface area contributed by atoms with E-state index in [4.69, 9.17) is 0 Å². The fourth-order valence-electron chi connectivity index (χ4n) is 2.63. The Hall–Kier alpha value is -2.50. The van der Waals surface area contributed by atoms with Gasteiger partial charge in [0.15, 0.2) is 0 Å². The van der Waals surface area contributed by atoms with Gasteiger partial charge < -0.3 is 10.4 Å². The highest BCUT2D eigenvalue weighted by Crippen LogP contribution is 2.20. The van der Waals surface area contributed by atoms with E-state index in [0.717, 1.165) is 22.4 Å². The molecule has 0 radical (unpaired) electrons. The van der Waals surface area contributed by atoms with E-state index in [1.807, 2.05) is 37.5 Å². The summed E-state index contributed by atoms with van der Waals surface area (Å²) < 4.78 is 1.69. The number of nitrogens with zero attached hydrogens (tertiary/aromatic N) is 3. The molecule has 2 heterocycles. The first-order chi connectivity index (χ1) is 11.5. The van der Waals surface area contributed by atoms with E-state index in [1.165, 1.54) is 0 Å². The summed E-state index contributed by atoms with van der Waals surface area (Å²) in [5.41, 5.74) is 3.06. The maximum Gasteiger partial charge on any atom is 0.102 e. The van der Waals surface area contributed by atoms with Crippen LogP contribution in [-0.4, -0.2) is 26.4 Å². The third-order valence-corrected chi connectivity index (χ3v) is 4.01. The number of pyridine rings is 1. The predicted molar refractivity (Wildman–Crippen MR) is 94.2 cm³/mol. The first kappa shape index (κ1) is 16.4. The molecule has 0 amide bonds. The molecule has 2 N–H and O–H groups in total. The second-order valence-electron chi connectivity index (χ2n) is 6.20. The molecule has 5 nitrogen and oxygen atoms in total. The number of aromatic nitrogens is 3. The molecule has 24 heavy (non-hydrogen) atoms. The van der Waals surface area contributed by atoms with E-state index in [1.54, 1.807) is 24.0 Å². The smallest absolute Gasteiger partial charge is 0.102 e. The van der Waals surface area contributed by atoms with Crippen LogP contribution in [0.2, 0.25) is 0 Å². The molecule has 124 valence electrons. The van der Waals surface area contributed by atoms with Crippen molar-refractivity contribution in [2.45, 2.75) is 19.1 Å². The first-order valence-corrected chi connectivity index (χ1v) is 7.97. The van der Waals surface area contributed by atoms with Crippen molar-refractivity contribution in [2.24, 2.45) is 7.05 Å². The molecule has 1 atom stereocenters. The Kier molecular flexibility index (Phi) is 4.74. The van der Waals surface area contributed by atoms with Gasteiger partial charge in [-0.25, -0.2) is 0 Å². The van der Waals surface area contributed by atoms with Gasteiger partial charge in [-0.2, -0.15) is 5.10 Å². The number of rotatable bonds is 6. The molecule has 5 heteroatoms. The van der Waals surface area contributed by atoms with Gasteiger partial charge in [-0.15, -0.1) is 0 Å². The minimum absolute atomic E-state index is 0.451. The number of nitrogens with one attached hydrogen (secondary N) is 1. The summed E-state index contributed by atoms with van der Waals surface area (Å²) in [6.07, 6.45) is 5.33. The molecule has 1 unspecified atom stereocenters. The van der Waals surface area contributed by atoms with Gasteiger partial charge in [-0.1, -0.05) is 24.3 Å². The Morgan fingerprint density at radius 3 is 2.79 bits per heavy atom. The van der Waals surface area contributed by atoms with Crippen molar-refractivity contribution >= 4 is 0 Å². The van der Waals surface area contributed by atoms with E-state index in [9.17, 15) is 5.11 Å². The third-order valence-electron chi connectivity index (χ3n) is 4.01. The SMILES string of the molecule is Cn1cc(C(C)(O)CNCc2cccc(-c3ccccn3)c2)cn1. The Balaban J connectivity index is 1.63. The molecule has 3 rings (SSSR count). The van der Waals surface area contributed by atoms with Crippen LogP contribution in [0.15, 0.2) is 61.1 Å². The molecule has 0 spiro atoms. The lowest BCUT2D eigenvalue weighted by Crippen LogP contribution is -2.34. The van der Waals surface area contributed by atoms with Gasteiger partial charge in [0.1, 0.15) is 5.60 Å². The molecule has 0 aliphatic heterocycles. The number of aliphatic hydroxyl groups is 1. The van der Waals surface area contributed by atoms with Gasteiger partial charge >= 0.3 is 0 Å². The van der Waals surface area contributed by atoms with Gasteiger partial charge in [-0.3, -0.25) is 9.67 Å². The molecule has 0 fully saturated rings. The van der Waals surface area contributed by atoms with Crippen LogP contribution in [0.5, 0.6) is 0 Å². The van der Waals surface area contributed by atoms with Crippen LogP contribution < -0.4 is 5.32 Å². The molecule has 0 aliphatic carbocycles. The van der Waals surface area contributed by atoms with Crippen LogP contribution in [0.4, 0.5) is 0 Å². The molecule has 0 saturated heterocycles. The highest BCUT2D eigenvalue weighted by molar-refractivity contribution is 5.59. The summed E-state index contributed by atoms with van der Waals surface area (Å²) in [5.74, 6) is 0. The van der Waals surface area contributed by atoms with Gasteiger partial charge in [0.05, 0.1) is 11.9 Å². The zero-order valence-corrected chi connectivity index (χ0v) is 14.0. The quantitative estimate of drug-likeness (QED) is 0.732.